The van der Waals surface area contributed by atoms with Crippen LogP contribution in [0.25, 0.3) is 20.2 Å². The minimum Gasteiger partial charge on any atom is -0.464 e. The van der Waals surface area contributed by atoms with Crippen molar-refractivity contribution in [3.63, 3.8) is 0 Å². The summed E-state index contributed by atoms with van der Waals surface area (Å²) in [6, 6.07) is 10.0. The van der Waals surface area contributed by atoms with Crippen molar-refractivity contribution in [1.29, 1.82) is 0 Å². The van der Waals surface area contributed by atoms with Crippen LogP contribution in [-0.4, -0.2) is 18.1 Å². The number of rotatable bonds is 1. The highest BCUT2D eigenvalue weighted by molar-refractivity contribution is 7.25. The van der Waals surface area contributed by atoms with Gasteiger partial charge in [0.05, 0.1) is 7.11 Å². The molecule has 0 atom stereocenters. The molecular formula is C14H11NO2S. The second kappa shape index (κ2) is 4.07. The van der Waals surface area contributed by atoms with Crippen LogP contribution in [0.1, 0.15) is 16.2 Å². The van der Waals surface area contributed by atoms with Gasteiger partial charge in [-0.25, -0.2) is 9.78 Å². The molecule has 3 nitrogen and oxygen atoms in total. The Balaban J connectivity index is 2.38. The van der Waals surface area contributed by atoms with E-state index >= 15 is 0 Å². The van der Waals surface area contributed by atoms with Gasteiger partial charge in [0.1, 0.15) is 5.69 Å². The molecule has 0 fully saturated rings. The monoisotopic (exact) mass is 257 g/mol. The molecule has 0 saturated carbocycles. The number of nitrogens with zero attached hydrogens (tertiary/aromatic N) is 1. The van der Waals surface area contributed by atoms with Crippen molar-refractivity contribution in [2.24, 2.45) is 0 Å². The van der Waals surface area contributed by atoms with Crippen LogP contribution in [0.4, 0.5) is 0 Å². The normalized spacial score (nSPS) is 11.0. The molecule has 2 aromatic heterocycles. The zero-order valence-corrected chi connectivity index (χ0v) is 10.9. The number of aromatic nitrogens is 1. The molecule has 0 amide bonds. The first-order valence-corrected chi connectivity index (χ1v) is 6.39. The molecule has 0 saturated heterocycles. The quantitative estimate of drug-likeness (QED) is 0.626. The van der Waals surface area contributed by atoms with Crippen LogP contribution < -0.4 is 0 Å². The van der Waals surface area contributed by atoms with Gasteiger partial charge in [0.2, 0.25) is 0 Å². The molecule has 0 unspecified atom stereocenters. The first-order valence-electron chi connectivity index (χ1n) is 5.58. The number of thiophene rings is 1. The Labute approximate surface area is 108 Å². The number of carbonyl (C=O) groups is 1. The number of benzene rings is 1. The maximum atomic E-state index is 11.5. The van der Waals surface area contributed by atoms with Crippen LogP contribution >= 0.6 is 11.3 Å². The van der Waals surface area contributed by atoms with E-state index in [0.29, 0.717) is 5.69 Å². The number of pyridine rings is 1. The zero-order chi connectivity index (χ0) is 12.7. The van der Waals surface area contributed by atoms with Crippen molar-refractivity contribution in [3.8, 4) is 0 Å². The van der Waals surface area contributed by atoms with Gasteiger partial charge in [-0.2, -0.15) is 0 Å². The summed E-state index contributed by atoms with van der Waals surface area (Å²) in [5.41, 5.74) is 1.24. The van der Waals surface area contributed by atoms with E-state index in [9.17, 15) is 4.79 Å². The van der Waals surface area contributed by atoms with Gasteiger partial charge < -0.3 is 4.74 Å². The van der Waals surface area contributed by atoms with Gasteiger partial charge >= 0.3 is 5.97 Å². The third-order valence-corrected chi connectivity index (χ3v) is 4.05. The van der Waals surface area contributed by atoms with Crippen LogP contribution in [0.5, 0.6) is 0 Å². The Morgan fingerprint density at radius 1 is 1.28 bits per heavy atom. The average Bonchev–Trinajstić information content (AvgIpc) is 2.76. The minimum atomic E-state index is -0.391. The van der Waals surface area contributed by atoms with E-state index in [1.165, 1.54) is 17.2 Å². The first kappa shape index (κ1) is 11.2. The van der Waals surface area contributed by atoms with Crippen molar-refractivity contribution >= 4 is 37.5 Å². The third-order valence-electron chi connectivity index (χ3n) is 2.94. The fourth-order valence-electron chi connectivity index (χ4n) is 2.14. The Morgan fingerprint density at radius 3 is 2.83 bits per heavy atom. The van der Waals surface area contributed by atoms with Crippen molar-refractivity contribution in [3.05, 3.63) is 41.7 Å². The molecular weight excluding hydrogens is 246 g/mol. The number of carbonyl (C=O) groups excluding carboxylic acids is 1. The summed E-state index contributed by atoms with van der Waals surface area (Å²) >= 11 is 1.67. The lowest BCUT2D eigenvalue weighted by molar-refractivity contribution is 0.0594. The Bertz CT molecular complexity index is 761. The van der Waals surface area contributed by atoms with Crippen LogP contribution in [0.15, 0.2) is 30.3 Å². The average molecular weight is 257 g/mol. The molecule has 0 radical (unpaired) electrons. The smallest absolute Gasteiger partial charge is 0.356 e. The molecule has 0 aliphatic carbocycles. The van der Waals surface area contributed by atoms with E-state index < -0.39 is 5.97 Å². The molecule has 3 aromatic rings. The van der Waals surface area contributed by atoms with E-state index in [1.807, 2.05) is 19.1 Å². The summed E-state index contributed by atoms with van der Waals surface area (Å²) in [6.07, 6.45) is 0. The Kier molecular flexibility index (Phi) is 2.52. The summed E-state index contributed by atoms with van der Waals surface area (Å²) in [4.78, 5) is 15.9. The summed E-state index contributed by atoms with van der Waals surface area (Å²) in [7, 11) is 1.37. The molecule has 1 aromatic carbocycles. The maximum Gasteiger partial charge on any atom is 0.356 e. The SMILES string of the molecule is COC(=O)c1cc2sc3ccccc3c2c(C)n1. The van der Waals surface area contributed by atoms with Gasteiger partial charge in [0, 0.05) is 25.9 Å². The van der Waals surface area contributed by atoms with Gasteiger partial charge in [0.25, 0.3) is 0 Å². The fourth-order valence-corrected chi connectivity index (χ4v) is 3.34. The van der Waals surface area contributed by atoms with Crippen LogP contribution in [0, 0.1) is 6.92 Å². The van der Waals surface area contributed by atoms with Crippen LogP contribution in [0.3, 0.4) is 0 Å². The molecule has 3 rings (SSSR count). The highest BCUT2D eigenvalue weighted by Crippen LogP contribution is 2.35. The second-order valence-corrected chi connectivity index (χ2v) is 5.14. The van der Waals surface area contributed by atoms with E-state index in [0.717, 1.165) is 15.8 Å². The topological polar surface area (TPSA) is 39.2 Å². The lowest BCUT2D eigenvalue weighted by Gasteiger charge is -2.01. The van der Waals surface area contributed by atoms with Gasteiger partial charge in [-0.15, -0.1) is 11.3 Å². The number of esters is 1. The van der Waals surface area contributed by atoms with Gasteiger partial charge in [-0.3, -0.25) is 0 Å². The number of aryl methyl sites for hydroxylation is 1. The number of hydrogen-bond donors (Lipinski definition) is 0. The predicted molar refractivity (Wildman–Crippen MR) is 73.2 cm³/mol. The standard InChI is InChI=1S/C14H11NO2S/c1-8-13-9-5-3-4-6-11(9)18-12(13)7-10(15-8)14(16)17-2/h3-7H,1-2H3. The number of ether oxygens (including phenoxy) is 1. The lowest BCUT2D eigenvalue weighted by Crippen LogP contribution is -2.04. The van der Waals surface area contributed by atoms with Gasteiger partial charge in [-0.05, 0) is 19.1 Å². The molecule has 18 heavy (non-hydrogen) atoms. The fraction of sp³-hybridized carbons (Fsp3) is 0.143. The molecule has 0 spiro atoms. The summed E-state index contributed by atoms with van der Waals surface area (Å²) in [5.74, 6) is -0.391. The molecule has 90 valence electrons. The van der Waals surface area contributed by atoms with E-state index in [1.54, 1.807) is 17.4 Å². The molecule has 0 N–H and O–H groups in total. The Morgan fingerprint density at radius 2 is 2.06 bits per heavy atom. The van der Waals surface area contributed by atoms with Crippen molar-refractivity contribution in [2.75, 3.05) is 7.11 Å². The van der Waals surface area contributed by atoms with E-state index in [2.05, 4.69) is 17.1 Å². The number of hydrogen-bond acceptors (Lipinski definition) is 4. The zero-order valence-electron chi connectivity index (χ0n) is 10.1. The van der Waals surface area contributed by atoms with Crippen molar-refractivity contribution in [1.82, 2.24) is 4.98 Å². The van der Waals surface area contributed by atoms with Gasteiger partial charge in [-0.1, -0.05) is 18.2 Å². The number of fused-ring (bicyclic) bond motifs is 3. The second-order valence-electron chi connectivity index (χ2n) is 4.06. The molecule has 4 heteroatoms. The maximum absolute atomic E-state index is 11.5. The van der Waals surface area contributed by atoms with Crippen LogP contribution in [0.2, 0.25) is 0 Å². The highest BCUT2D eigenvalue weighted by atomic mass is 32.1. The van der Waals surface area contributed by atoms with Crippen molar-refractivity contribution < 1.29 is 9.53 Å². The molecule has 2 heterocycles. The molecule has 0 aliphatic rings. The molecule has 0 aliphatic heterocycles. The number of methoxy groups -OCH3 is 1. The highest BCUT2D eigenvalue weighted by Gasteiger charge is 2.14. The van der Waals surface area contributed by atoms with Gasteiger partial charge in [0.15, 0.2) is 0 Å². The Hall–Kier alpha value is -1.94. The lowest BCUT2D eigenvalue weighted by atomic mass is 10.1. The third kappa shape index (κ3) is 1.57. The minimum absolute atomic E-state index is 0.369. The van der Waals surface area contributed by atoms with Crippen LogP contribution in [-0.2, 0) is 4.74 Å². The summed E-state index contributed by atoms with van der Waals surface area (Å²) < 4.78 is 7.00. The van der Waals surface area contributed by atoms with E-state index in [4.69, 9.17) is 4.74 Å². The van der Waals surface area contributed by atoms with E-state index in [-0.39, 0.29) is 0 Å². The largest absolute Gasteiger partial charge is 0.464 e. The van der Waals surface area contributed by atoms with Crippen molar-refractivity contribution in [2.45, 2.75) is 6.92 Å². The predicted octanol–water partition coefficient (Wildman–Crippen LogP) is 3.54. The summed E-state index contributed by atoms with van der Waals surface area (Å²) in [5, 5.41) is 2.32. The summed E-state index contributed by atoms with van der Waals surface area (Å²) in [6.45, 7) is 1.92. The molecule has 0 bridgehead atoms. The first-order chi connectivity index (χ1) is 8.70.